The van der Waals surface area contributed by atoms with Gasteiger partial charge in [-0.1, -0.05) is 6.07 Å². The monoisotopic (exact) mass is 218 g/mol. The Morgan fingerprint density at radius 3 is 2.94 bits per heavy atom. The highest BCUT2D eigenvalue weighted by Crippen LogP contribution is 2.18. The number of ether oxygens (including phenoxy) is 1. The van der Waals surface area contributed by atoms with Gasteiger partial charge in [-0.2, -0.15) is 5.26 Å². The Kier molecular flexibility index (Phi) is 4.34. The van der Waals surface area contributed by atoms with E-state index in [2.05, 4.69) is 5.32 Å². The van der Waals surface area contributed by atoms with E-state index in [-0.39, 0.29) is 18.4 Å². The number of carbonyl (C=O) groups excluding carboxylic acids is 1. The van der Waals surface area contributed by atoms with Gasteiger partial charge in [0, 0.05) is 11.8 Å². The maximum Gasteiger partial charge on any atom is 0.238 e. The normalized spacial score (nSPS) is 9.62. The SMILES string of the molecule is CC(C)Oc1cccc(NC(=O)CC#N)c1. The van der Waals surface area contributed by atoms with Gasteiger partial charge in [0.15, 0.2) is 0 Å². The van der Waals surface area contributed by atoms with Gasteiger partial charge in [-0.3, -0.25) is 4.79 Å². The van der Waals surface area contributed by atoms with E-state index in [1.165, 1.54) is 0 Å². The van der Waals surface area contributed by atoms with E-state index in [9.17, 15) is 4.79 Å². The maximum atomic E-state index is 11.2. The quantitative estimate of drug-likeness (QED) is 0.843. The van der Waals surface area contributed by atoms with E-state index < -0.39 is 0 Å². The van der Waals surface area contributed by atoms with Gasteiger partial charge in [0.05, 0.1) is 12.2 Å². The number of carbonyl (C=O) groups is 1. The van der Waals surface area contributed by atoms with Crippen LogP contribution in [-0.2, 0) is 4.79 Å². The molecule has 0 saturated heterocycles. The first-order chi connectivity index (χ1) is 7.61. The predicted octanol–water partition coefficient (Wildman–Crippen LogP) is 2.33. The van der Waals surface area contributed by atoms with Gasteiger partial charge in [0.1, 0.15) is 12.2 Å². The highest BCUT2D eigenvalue weighted by atomic mass is 16.5. The highest BCUT2D eigenvalue weighted by molar-refractivity contribution is 5.92. The molecule has 4 nitrogen and oxygen atoms in total. The molecule has 1 aromatic carbocycles. The molecule has 0 fully saturated rings. The molecule has 1 aromatic rings. The first-order valence-electron chi connectivity index (χ1n) is 5.05. The lowest BCUT2D eigenvalue weighted by Crippen LogP contribution is -2.10. The molecule has 0 atom stereocenters. The standard InChI is InChI=1S/C12H14N2O2/c1-9(2)16-11-5-3-4-10(8-11)14-12(15)6-7-13/h3-5,8-9H,6H2,1-2H3,(H,14,15). The molecule has 0 radical (unpaired) electrons. The van der Waals surface area contributed by atoms with Gasteiger partial charge in [0.2, 0.25) is 5.91 Å². The predicted molar refractivity (Wildman–Crippen MR) is 61.1 cm³/mol. The van der Waals surface area contributed by atoms with Gasteiger partial charge >= 0.3 is 0 Å². The van der Waals surface area contributed by atoms with Crippen LogP contribution in [0.1, 0.15) is 20.3 Å². The van der Waals surface area contributed by atoms with Crippen LogP contribution < -0.4 is 10.1 Å². The van der Waals surface area contributed by atoms with Gasteiger partial charge in [-0.05, 0) is 26.0 Å². The lowest BCUT2D eigenvalue weighted by molar-refractivity contribution is -0.115. The second-order valence-electron chi connectivity index (χ2n) is 3.58. The summed E-state index contributed by atoms with van der Waals surface area (Å²) >= 11 is 0. The molecule has 1 N–H and O–H groups in total. The summed E-state index contributed by atoms with van der Waals surface area (Å²) in [5.41, 5.74) is 0.637. The number of nitrogens with one attached hydrogen (secondary N) is 1. The zero-order valence-electron chi connectivity index (χ0n) is 9.36. The fraction of sp³-hybridized carbons (Fsp3) is 0.333. The minimum absolute atomic E-state index is 0.0880. The molecule has 0 aliphatic carbocycles. The molecule has 0 aliphatic heterocycles. The molecule has 4 heteroatoms. The third-order valence-corrected chi connectivity index (χ3v) is 1.73. The molecule has 0 spiro atoms. The number of hydrogen-bond acceptors (Lipinski definition) is 3. The summed E-state index contributed by atoms with van der Waals surface area (Å²) in [6.07, 6.45) is -0.0556. The van der Waals surface area contributed by atoms with Crippen molar-refractivity contribution in [2.24, 2.45) is 0 Å². The summed E-state index contributed by atoms with van der Waals surface area (Å²) < 4.78 is 5.48. The first kappa shape index (κ1) is 12.1. The van der Waals surface area contributed by atoms with E-state index in [0.717, 1.165) is 0 Å². The highest BCUT2D eigenvalue weighted by Gasteiger charge is 2.03. The molecular weight excluding hydrogens is 204 g/mol. The molecule has 0 heterocycles. The Labute approximate surface area is 94.8 Å². The molecule has 0 saturated carbocycles. The third kappa shape index (κ3) is 4.01. The lowest BCUT2D eigenvalue weighted by Gasteiger charge is -2.11. The minimum Gasteiger partial charge on any atom is -0.491 e. The third-order valence-electron chi connectivity index (χ3n) is 1.73. The summed E-state index contributed by atoms with van der Waals surface area (Å²) in [6, 6.07) is 8.89. The van der Waals surface area contributed by atoms with Crippen molar-refractivity contribution in [3.05, 3.63) is 24.3 Å². The number of nitriles is 1. The second kappa shape index (κ2) is 5.76. The van der Waals surface area contributed by atoms with Crippen LogP contribution in [-0.4, -0.2) is 12.0 Å². The van der Waals surface area contributed by atoms with Crippen molar-refractivity contribution in [1.82, 2.24) is 0 Å². The van der Waals surface area contributed by atoms with Crippen LogP contribution in [0, 0.1) is 11.3 Å². The molecule has 0 aliphatic rings. The number of benzene rings is 1. The van der Waals surface area contributed by atoms with Crippen molar-refractivity contribution in [3.8, 4) is 11.8 Å². The Morgan fingerprint density at radius 1 is 1.56 bits per heavy atom. The van der Waals surface area contributed by atoms with Crippen molar-refractivity contribution in [2.45, 2.75) is 26.4 Å². The number of hydrogen-bond donors (Lipinski definition) is 1. The molecule has 1 rings (SSSR count). The van der Waals surface area contributed by atoms with Gasteiger partial charge in [-0.15, -0.1) is 0 Å². The smallest absolute Gasteiger partial charge is 0.238 e. The average molecular weight is 218 g/mol. The van der Waals surface area contributed by atoms with E-state index in [1.807, 2.05) is 19.9 Å². The fourth-order valence-corrected chi connectivity index (χ4v) is 1.20. The van der Waals surface area contributed by atoms with Crippen molar-refractivity contribution in [2.75, 3.05) is 5.32 Å². The van der Waals surface area contributed by atoms with Crippen LogP contribution >= 0.6 is 0 Å². The van der Waals surface area contributed by atoms with Crippen molar-refractivity contribution >= 4 is 11.6 Å². The van der Waals surface area contributed by atoms with Crippen molar-refractivity contribution < 1.29 is 9.53 Å². The van der Waals surface area contributed by atoms with E-state index in [4.69, 9.17) is 10.00 Å². The summed E-state index contributed by atoms with van der Waals surface area (Å²) in [7, 11) is 0. The van der Waals surface area contributed by atoms with E-state index in [0.29, 0.717) is 11.4 Å². The van der Waals surface area contributed by atoms with Crippen LogP contribution in [0.4, 0.5) is 5.69 Å². The number of amides is 1. The zero-order chi connectivity index (χ0) is 12.0. The van der Waals surface area contributed by atoms with Crippen LogP contribution in [0.15, 0.2) is 24.3 Å². The molecule has 84 valence electrons. The van der Waals surface area contributed by atoms with Crippen LogP contribution in [0.3, 0.4) is 0 Å². The van der Waals surface area contributed by atoms with Crippen LogP contribution in [0.25, 0.3) is 0 Å². The molecular formula is C12H14N2O2. The molecule has 0 aromatic heterocycles. The lowest BCUT2D eigenvalue weighted by atomic mass is 10.3. The van der Waals surface area contributed by atoms with Crippen molar-refractivity contribution in [1.29, 1.82) is 5.26 Å². The Hall–Kier alpha value is -2.02. The van der Waals surface area contributed by atoms with E-state index >= 15 is 0 Å². The summed E-state index contributed by atoms with van der Waals surface area (Å²) in [5, 5.41) is 11.0. The Morgan fingerprint density at radius 2 is 2.31 bits per heavy atom. The Balaban J connectivity index is 2.68. The fourth-order valence-electron chi connectivity index (χ4n) is 1.20. The Bertz CT molecular complexity index is 408. The van der Waals surface area contributed by atoms with Crippen LogP contribution in [0.5, 0.6) is 5.75 Å². The number of nitrogens with zero attached hydrogens (tertiary/aromatic N) is 1. The molecule has 0 bridgehead atoms. The van der Waals surface area contributed by atoms with Gasteiger partial charge in [-0.25, -0.2) is 0 Å². The van der Waals surface area contributed by atoms with E-state index in [1.54, 1.807) is 24.3 Å². The number of anilines is 1. The first-order valence-corrected chi connectivity index (χ1v) is 5.05. The second-order valence-corrected chi connectivity index (χ2v) is 3.58. The summed E-state index contributed by atoms with van der Waals surface area (Å²) in [4.78, 5) is 11.2. The molecule has 16 heavy (non-hydrogen) atoms. The summed E-state index contributed by atoms with van der Waals surface area (Å²) in [6.45, 7) is 3.86. The zero-order valence-corrected chi connectivity index (χ0v) is 9.36. The average Bonchev–Trinajstić information content (AvgIpc) is 2.17. The molecule has 0 unspecified atom stereocenters. The topological polar surface area (TPSA) is 62.1 Å². The summed E-state index contributed by atoms with van der Waals surface area (Å²) in [5.74, 6) is 0.383. The maximum absolute atomic E-state index is 11.2. The molecule has 1 amide bonds. The largest absolute Gasteiger partial charge is 0.491 e. The van der Waals surface area contributed by atoms with Crippen LogP contribution in [0.2, 0.25) is 0 Å². The minimum atomic E-state index is -0.316. The number of rotatable bonds is 4. The van der Waals surface area contributed by atoms with Gasteiger partial charge in [0.25, 0.3) is 0 Å². The van der Waals surface area contributed by atoms with Gasteiger partial charge < -0.3 is 10.1 Å². The van der Waals surface area contributed by atoms with Crippen molar-refractivity contribution in [3.63, 3.8) is 0 Å².